The second-order valence-electron chi connectivity index (χ2n) is 4.11. The average Bonchev–Trinajstić information content (AvgIpc) is 2.36. The lowest BCUT2D eigenvalue weighted by molar-refractivity contribution is 0.601. The lowest BCUT2D eigenvalue weighted by atomic mass is 10.2. The van der Waals surface area contributed by atoms with Gasteiger partial charge in [-0.05, 0) is 29.8 Å². The summed E-state index contributed by atoms with van der Waals surface area (Å²) in [5, 5.41) is 2.91. The number of hydrogen-bond donors (Lipinski definition) is 1. The first-order valence-electron chi connectivity index (χ1n) is 5.60. The quantitative estimate of drug-likeness (QED) is 0.933. The number of benzene rings is 1. The third-order valence-corrected chi connectivity index (χ3v) is 3.65. The van der Waals surface area contributed by atoms with Crippen molar-refractivity contribution in [3.63, 3.8) is 0 Å². The van der Waals surface area contributed by atoms with Gasteiger partial charge in [0.25, 0.3) is 0 Å². The average molecular weight is 280 g/mol. The van der Waals surface area contributed by atoms with Gasteiger partial charge in [0.2, 0.25) is 0 Å². The number of pyridine rings is 1. The molecule has 6 heteroatoms. The molecular formula is C13H13FN2O2S. The van der Waals surface area contributed by atoms with Gasteiger partial charge >= 0.3 is 0 Å². The smallest absolute Gasteiger partial charge is 0.179 e. The van der Waals surface area contributed by atoms with E-state index in [0.29, 0.717) is 12.1 Å². The summed E-state index contributed by atoms with van der Waals surface area (Å²) in [6, 6.07) is 9.13. The van der Waals surface area contributed by atoms with E-state index in [1.54, 1.807) is 18.2 Å². The van der Waals surface area contributed by atoms with Gasteiger partial charge in [-0.2, -0.15) is 0 Å². The first-order chi connectivity index (χ1) is 8.97. The van der Waals surface area contributed by atoms with Gasteiger partial charge in [0.15, 0.2) is 9.84 Å². The number of hydrogen-bond acceptors (Lipinski definition) is 4. The molecule has 4 nitrogen and oxygen atoms in total. The summed E-state index contributed by atoms with van der Waals surface area (Å²) in [7, 11) is -3.35. The molecule has 0 aliphatic rings. The second kappa shape index (κ2) is 5.36. The fourth-order valence-electron chi connectivity index (χ4n) is 1.66. The number of aromatic nitrogens is 1. The lowest BCUT2D eigenvalue weighted by Gasteiger charge is -2.09. The van der Waals surface area contributed by atoms with Crippen molar-refractivity contribution in [1.29, 1.82) is 0 Å². The first kappa shape index (κ1) is 13.5. The molecular weight excluding hydrogens is 267 g/mol. The summed E-state index contributed by atoms with van der Waals surface area (Å²) in [4.78, 5) is 4.13. The largest absolute Gasteiger partial charge is 0.365 e. The van der Waals surface area contributed by atoms with Crippen LogP contribution in [0.1, 0.15) is 5.56 Å². The Morgan fingerprint density at radius 3 is 2.74 bits per heavy atom. The highest BCUT2D eigenvalue weighted by Crippen LogP contribution is 2.18. The third-order valence-electron chi connectivity index (χ3n) is 2.52. The fraction of sp³-hybridized carbons (Fsp3) is 0.154. The van der Waals surface area contributed by atoms with E-state index < -0.39 is 9.84 Å². The zero-order valence-electron chi connectivity index (χ0n) is 10.3. The van der Waals surface area contributed by atoms with Gasteiger partial charge in [-0.3, -0.25) is 0 Å². The summed E-state index contributed by atoms with van der Waals surface area (Å²) in [5.41, 5.74) is 0.713. The lowest BCUT2D eigenvalue weighted by Crippen LogP contribution is -2.08. The van der Waals surface area contributed by atoms with Crippen molar-refractivity contribution in [2.45, 2.75) is 11.4 Å². The van der Waals surface area contributed by atoms with E-state index in [-0.39, 0.29) is 16.5 Å². The number of nitrogens with one attached hydrogen (secondary N) is 1. The van der Waals surface area contributed by atoms with Gasteiger partial charge in [-0.25, -0.2) is 17.8 Å². The normalized spacial score (nSPS) is 11.3. The Labute approximate surface area is 111 Å². The Bertz CT molecular complexity index is 687. The number of rotatable bonds is 4. The Kier molecular flexibility index (Phi) is 3.80. The molecule has 0 amide bonds. The fourth-order valence-corrected chi connectivity index (χ4v) is 2.46. The zero-order chi connectivity index (χ0) is 13.9. The molecule has 0 saturated carbocycles. The van der Waals surface area contributed by atoms with Gasteiger partial charge in [-0.15, -0.1) is 0 Å². The first-order valence-corrected chi connectivity index (χ1v) is 7.49. The summed E-state index contributed by atoms with van der Waals surface area (Å²) in [6.07, 6.45) is 2.62. The Morgan fingerprint density at radius 2 is 2.05 bits per heavy atom. The molecule has 1 N–H and O–H groups in total. The van der Waals surface area contributed by atoms with Crippen LogP contribution in [0.2, 0.25) is 0 Å². The van der Waals surface area contributed by atoms with Crippen LogP contribution in [0.3, 0.4) is 0 Å². The highest BCUT2D eigenvalue weighted by atomic mass is 32.2. The Balaban J connectivity index is 2.21. The molecule has 0 bridgehead atoms. The van der Waals surface area contributed by atoms with Crippen molar-refractivity contribution in [3.05, 3.63) is 54.0 Å². The molecule has 0 aliphatic heterocycles. The van der Waals surface area contributed by atoms with E-state index in [1.807, 2.05) is 0 Å². The van der Waals surface area contributed by atoms with Crippen molar-refractivity contribution < 1.29 is 12.8 Å². The predicted octanol–water partition coefficient (Wildman–Crippen LogP) is 2.24. The molecule has 0 spiro atoms. The monoisotopic (exact) mass is 280 g/mol. The molecule has 0 atom stereocenters. The van der Waals surface area contributed by atoms with Gasteiger partial charge in [0.05, 0.1) is 0 Å². The summed E-state index contributed by atoms with van der Waals surface area (Å²) < 4.78 is 36.2. The summed E-state index contributed by atoms with van der Waals surface area (Å²) in [6.45, 7) is 0.303. The Hall–Kier alpha value is -1.95. The van der Waals surface area contributed by atoms with Crippen LogP contribution in [-0.4, -0.2) is 19.7 Å². The number of anilines is 1. The number of halogens is 1. The molecule has 1 aromatic carbocycles. The van der Waals surface area contributed by atoms with Crippen molar-refractivity contribution in [3.8, 4) is 0 Å². The SMILES string of the molecule is CS(=O)(=O)c1cccnc1NCc1cccc(F)c1. The molecule has 1 heterocycles. The molecule has 2 rings (SSSR count). The third kappa shape index (κ3) is 3.51. The molecule has 100 valence electrons. The second-order valence-corrected chi connectivity index (χ2v) is 6.09. The van der Waals surface area contributed by atoms with Gasteiger partial charge in [0.1, 0.15) is 16.5 Å². The van der Waals surface area contributed by atoms with E-state index in [0.717, 1.165) is 6.26 Å². The maximum atomic E-state index is 13.0. The van der Waals surface area contributed by atoms with Crippen LogP contribution in [-0.2, 0) is 16.4 Å². The number of nitrogens with zero attached hydrogens (tertiary/aromatic N) is 1. The molecule has 0 fully saturated rings. The summed E-state index contributed by atoms with van der Waals surface area (Å²) in [5.74, 6) is -0.0575. The van der Waals surface area contributed by atoms with E-state index in [1.165, 1.54) is 24.4 Å². The molecule has 0 radical (unpaired) electrons. The standard InChI is InChI=1S/C13H13FN2O2S/c1-19(17,18)12-6-3-7-15-13(12)16-9-10-4-2-5-11(14)8-10/h2-8H,9H2,1H3,(H,15,16). The van der Waals surface area contributed by atoms with E-state index in [2.05, 4.69) is 10.3 Å². The van der Waals surface area contributed by atoms with Crippen LogP contribution in [0.15, 0.2) is 47.5 Å². The van der Waals surface area contributed by atoms with Crippen LogP contribution >= 0.6 is 0 Å². The molecule has 1 aromatic heterocycles. The van der Waals surface area contributed by atoms with Crippen molar-refractivity contribution >= 4 is 15.7 Å². The molecule has 0 saturated heterocycles. The van der Waals surface area contributed by atoms with Crippen molar-refractivity contribution in [1.82, 2.24) is 4.98 Å². The molecule has 2 aromatic rings. The van der Waals surface area contributed by atoms with Crippen LogP contribution in [0.4, 0.5) is 10.2 Å². The van der Waals surface area contributed by atoms with Gasteiger partial charge in [-0.1, -0.05) is 12.1 Å². The maximum absolute atomic E-state index is 13.0. The van der Waals surface area contributed by atoms with E-state index in [4.69, 9.17) is 0 Å². The van der Waals surface area contributed by atoms with E-state index in [9.17, 15) is 12.8 Å². The minimum atomic E-state index is -3.35. The minimum Gasteiger partial charge on any atom is -0.365 e. The van der Waals surface area contributed by atoms with Gasteiger partial charge in [0, 0.05) is 19.0 Å². The predicted molar refractivity (Wildman–Crippen MR) is 71.1 cm³/mol. The zero-order valence-corrected chi connectivity index (χ0v) is 11.1. The molecule has 0 aliphatic carbocycles. The highest BCUT2D eigenvalue weighted by Gasteiger charge is 2.13. The van der Waals surface area contributed by atoms with Crippen LogP contribution in [0.5, 0.6) is 0 Å². The molecule has 19 heavy (non-hydrogen) atoms. The number of sulfone groups is 1. The van der Waals surface area contributed by atoms with E-state index >= 15 is 0 Å². The highest BCUT2D eigenvalue weighted by molar-refractivity contribution is 7.90. The van der Waals surface area contributed by atoms with Crippen LogP contribution in [0, 0.1) is 5.82 Å². The van der Waals surface area contributed by atoms with Crippen LogP contribution < -0.4 is 5.32 Å². The van der Waals surface area contributed by atoms with Gasteiger partial charge < -0.3 is 5.32 Å². The minimum absolute atomic E-state index is 0.131. The van der Waals surface area contributed by atoms with Crippen LogP contribution in [0.25, 0.3) is 0 Å². The van der Waals surface area contributed by atoms with Crippen molar-refractivity contribution in [2.75, 3.05) is 11.6 Å². The topological polar surface area (TPSA) is 59.1 Å². The summed E-state index contributed by atoms with van der Waals surface area (Å²) >= 11 is 0. The Morgan fingerprint density at radius 1 is 1.26 bits per heavy atom. The molecule has 0 unspecified atom stereocenters. The maximum Gasteiger partial charge on any atom is 0.179 e. The van der Waals surface area contributed by atoms with Crippen molar-refractivity contribution in [2.24, 2.45) is 0 Å².